The van der Waals surface area contributed by atoms with Crippen molar-refractivity contribution in [3.05, 3.63) is 0 Å². The highest BCUT2D eigenvalue weighted by molar-refractivity contribution is 7.86. The van der Waals surface area contributed by atoms with Gasteiger partial charge in [-0.25, -0.2) is 0 Å². The number of hydrogen-bond acceptors (Lipinski definition) is 7. The number of rotatable bonds is 7. The fourth-order valence-electron chi connectivity index (χ4n) is 4.51. The van der Waals surface area contributed by atoms with Gasteiger partial charge < -0.3 is 26.2 Å². The van der Waals surface area contributed by atoms with Crippen molar-refractivity contribution in [1.82, 2.24) is 13.9 Å². The number of carboxylic acids is 1. The summed E-state index contributed by atoms with van der Waals surface area (Å²) in [6, 6.07) is 0. The molecule has 12 heteroatoms. The topological polar surface area (TPSA) is 156 Å². The number of aliphatic carboxylic acids is 1. The number of nitrogens with two attached hydrogens (primary N) is 1. The Bertz CT molecular complexity index is 663. The van der Waals surface area contributed by atoms with Gasteiger partial charge in [0.25, 0.3) is 10.2 Å². The lowest BCUT2D eigenvalue weighted by atomic mass is 9.74. The van der Waals surface area contributed by atoms with E-state index in [4.69, 9.17) is 15.8 Å². The van der Waals surface area contributed by atoms with E-state index < -0.39 is 34.8 Å². The summed E-state index contributed by atoms with van der Waals surface area (Å²) in [6.45, 7) is 2.50. The maximum Gasteiger partial charge on any atom is 0.451 e. The predicted molar refractivity (Wildman–Crippen MR) is 98.9 cm³/mol. The van der Waals surface area contributed by atoms with Crippen LogP contribution in [-0.4, -0.2) is 90.1 Å². The zero-order valence-electron chi connectivity index (χ0n) is 15.4. The maximum atomic E-state index is 13.0. The van der Waals surface area contributed by atoms with Crippen LogP contribution in [0.2, 0.25) is 6.32 Å². The Labute approximate surface area is 160 Å². The van der Waals surface area contributed by atoms with Crippen molar-refractivity contribution in [3.8, 4) is 0 Å². The highest BCUT2D eigenvalue weighted by atomic mass is 32.2. The summed E-state index contributed by atoms with van der Waals surface area (Å²) in [5.41, 5.74) is 4.47. The Kier molecular flexibility index (Phi) is 5.89. The molecule has 0 aromatic rings. The molecule has 3 rings (SSSR count). The lowest BCUT2D eigenvalue weighted by Gasteiger charge is -2.52. The highest BCUT2D eigenvalue weighted by Crippen LogP contribution is 2.42. The quantitative estimate of drug-likeness (QED) is 0.302. The standard InChI is InChI=1S/C15H29BN4O6S/c17-15(13(21)22)11-19(8-12(15)2-1-5-16(23)24)27(25,26)20-9-14(10-20)3-6-18-7-4-14/h12,18,23-24H,1-11,17H2,(H,21,22)/t12-,15-/m0/s1. The Morgan fingerprint density at radius 2 is 1.81 bits per heavy atom. The molecule has 10 nitrogen and oxygen atoms in total. The molecular weight excluding hydrogens is 375 g/mol. The largest absolute Gasteiger partial charge is 0.480 e. The first kappa shape index (κ1) is 21.0. The summed E-state index contributed by atoms with van der Waals surface area (Å²) in [7, 11) is -5.22. The average Bonchev–Trinajstić information content (AvgIpc) is 2.92. The minimum absolute atomic E-state index is 0.0394. The molecule has 0 aliphatic carbocycles. The summed E-state index contributed by atoms with van der Waals surface area (Å²) in [5.74, 6) is -1.80. The lowest BCUT2D eigenvalue weighted by molar-refractivity contribution is -0.144. The fraction of sp³-hybridized carbons (Fsp3) is 0.933. The van der Waals surface area contributed by atoms with E-state index in [1.807, 2.05) is 0 Å². The summed E-state index contributed by atoms with van der Waals surface area (Å²) in [5, 5.41) is 30.8. The van der Waals surface area contributed by atoms with Crippen LogP contribution in [0, 0.1) is 11.3 Å². The molecule has 0 radical (unpaired) electrons. The summed E-state index contributed by atoms with van der Waals surface area (Å²) in [6.07, 6.45) is 2.67. The van der Waals surface area contributed by atoms with Crippen molar-refractivity contribution in [1.29, 1.82) is 0 Å². The van der Waals surface area contributed by atoms with E-state index in [0.717, 1.165) is 25.9 Å². The molecule has 154 valence electrons. The first-order valence-corrected chi connectivity index (χ1v) is 10.8. The molecule has 0 amide bonds. The van der Waals surface area contributed by atoms with Gasteiger partial charge >= 0.3 is 13.1 Å². The van der Waals surface area contributed by atoms with Gasteiger partial charge in [-0.05, 0) is 38.7 Å². The first-order chi connectivity index (χ1) is 12.6. The third-order valence-corrected chi connectivity index (χ3v) is 8.19. The van der Waals surface area contributed by atoms with Crippen molar-refractivity contribution >= 4 is 23.3 Å². The molecule has 3 fully saturated rings. The summed E-state index contributed by atoms with van der Waals surface area (Å²) in [4.78, 5) is 11.7. The van der Waals surface area contributed by atoms with Crippen molar-refractivity contribution in [2.75, 3.05) is 39.3 Å². The number of nitrogens with zero attached hydrogens (tertiary/aromatic N) is 2. The first-order valence-electron chi connectivity index (χ1n) is 9.43. The monoisotopic (exact) mass is 404 g/mol. The van der Waals surface area contributed by atoms with E-state index in [1.165, 1.54) is 8.61 Å². The van der Waals surface area contributed by atoms with E-state index in [1.54, 1.807) is 0 Å². The van der Waals surface area contributed by atoms with Crippen LogP contribution >= 0.6 is 0 Å². The van der Waals surface area contributed by atoms with Gasteiger partial charge in [0.05, 0.1) is 0 Å². The SMILES string of the molecule is N[C@@]1(C(=O)O)CN(S(=O)(=O)N2CC3(CCNCC3)C2)C[C@@H]1CCCB(O)O. The molecule has 1 spiro atoms. The minimum atomic E-state index is -3.75. The minimum Gasteiger partial charge on any atom is -0.480 e. The van der Waals surface area contributed by atoms with E-state index >= 15 is 0 Å². The summed E-state index contributed by atoms with van der Waals surface area (Å²) < 4.78 is 28.6. The molecule has 0 aromatic carbocycles. The molecule has 3 saturated heterocycles. The third kappa shape index (κ3) is 4.02. The maximum absolute atomic E-state index is 13.0. The average molecular weight is 404 g/mol. The van der Waals surface area contributed by atoms with E-state index in [-0.39, 0.29) is 24.8 Å². The van der Waals surface area contributed by atoms with Gasteiger partial charge in [0.1, 0.15) is 5.54 Å². The molecule has 3 aliphatic heterocycles. The summed E-state index contributed by atoms with van der Waals surface area (Å²) >= 11 is 0. The van der Waals surface area contributed by atoms with Crippen LogP contribution in [0.1, 0.15) is 25.7 Å². The lowest BCUT2D eigenvalue weighted by Crippen LogP contribution is -2.64. The van der Waals surface area contributed by atoms with Crippen LogP contribution in [0.15, 0.2) is 0 Å². The Morgan fingerprint density at radius 1 is 1.19 bits per heavy atom. The van der Waals surface area contributed by atoms with Crippen molar-refractivity contribution in [3.63, 3.8) is 0 Å². The molecule has 0 unspecified atom stereocenters. The second-order valence-corrected chi connectivity index (χ2v) is 10.2. The predicted octanol–water partition coefficient (Wildman–Crippen LogP) is -2.12. The van der Waals surface area contributed by atoms with Gasteiger partial charge in [-0.3, -0.25) is 4.79 Å². The molecular formula is C15H29BN4O6S. The van der Waals surface area contributed by atoms with Crippen LogP contribution < -0.4 is 11.1 Å². The zero-order chi connectivity index (χ0) is 19.9. The van der Waals surface area contributed by atoms with Gasteiger partial charge in [0, 0.05) is 37.5 Å². The molecule has 3 aliphatic rings. The van der Waals surface area contributed by atoms with Gasteiger partial charge in [-0.15, -0.1) is 0 Å². The van der Waals surface area contributed by atoms with E-state index in [0.29, 0.717) is 25.9 Å². The van der Waals surface area contributed by atoms with Crippen molar-refractivity contribution in [2.24, 2.45) is 17.1 Å². The smallest absolute Gasteiger partial charge is 0.451 e. The fourth-order valence-corrected chi connectivity index (χ4v) is 6.46. The number of hydrogen-bond donors (Lipinski definition) is 5. The molecule has 2 atom stereocenters. The van der Waals surface area contributed by atoms with E-state index in [2.05, 4.69) is 5.32 Å². The van der Waals surface area contributed by atoms with E-state index in [9.17, 15) is 18.3 Å². The molecule has 0 bridgehead atoms. The van der Waals surface area contributed by atoms with Gasteiger partial charge in [0.2, 0.25) is 0 Å². The van der Waals surface area contributed by atoms with Crippen molar-refractivity contribution in [2.45, 2.75) is 37.5 Å². The third-order valence-electron chi connectivity index (χ3n) is 6.34. The molecule has 0 aromatic heterocycles. The van der Waals surface area contributed by atoms with Crippen LogP contribution in [0.3, 0.4) is 0 Å². The van der Waals surface area contributed by atoms with Crippen LogP contribution in [-0.2, 0) is 15.0 Å². The Hall–Kier alpha value is -0.755. The van der Waals surface area contributed by atoms with Crippen LogP contribution in [0.4, 0.5) is 0 Å². The molecule has 27 heavy (non-hydrogen) atoms. The Morgan fingerprint density at radius 3 is 2.37 bits per heavy atom. The normalized spacial score (nSPS) is 31.7. The van der Waals surface area contributed by atoms with Crippen molar-refractivity contribution < 1.29 is 28.4 Å². The van der Waals surface area contributed by atoms with Gasteiger partial charge in [-0.1, -0.05) is 6.42 Å². The molecule has 3 heterocycles. The van der Waals surface area contributed by atoms with Crippen LogP contribution in [0.5, 0.6) is 0 Å². The second-order valence-electron chi connectivity index (χ2n) is 8.27. The number of piperidine rings is 1. The number of nitrogens with one attached hydrogen (secondary N) is 1. The number of carbonyl (C=O) groups is 1. The van der Waals surface area contributed by atoms with Gasteiger partial charge in [0.15, 0.2) is 0 Å². The molecule has 0 saturated carbocycles. The molecule has 6 N–H and O–H groups in total. The zero-order valence-corrected chi connectivity index (χ0v) is 16.2. The highest BCUT2D eigenvalue weighted by Gasteiger charge is 2.56. The van der Waals surface area contributed by atoms with Gasteiger partial charge in [-0.2, -0.15) is 17.0 Å². The Balaban J connectivity index is 1.66. The number of carboxylic acid groups (broad SMARTS) is 1. The van der Waals surface area contributed by atoms with Crippen LogP contribution in [0.25, 0.3) is 0 Å². The second kappa shape index (κ2) is 7.58.